The Morgan fingerprint density at radius 1 is 1.32 bits per heavy atom. The number of fused-ring (bicyclic) bond motifs is 1. The number of aromatic nitrogens is 2. The summed E-state index contributed by atoms with van der Waals surface area (Å²) in [6.07, 6.45) is -4.04. The molecule has 1 atom stereocenters. The molecule has 0 aliphatic carbocycles. The molecule has 150 valence electrons. The van der Waals surface area contributed by atoms with Gasteiger partial charge in [0.05, 0.1) is 24.0 Å². The van der Waals surface area contributed by atoms with Crippen LogP contribution in [0.2, 0.25) is 0 Å². The summed E-state index contributed by atoms with van der Waals surface area (Å²) >= 11 is 0. The number of alkyl halides is 3. The fourth-order valence-corrected chi connectivity index (χ4v) is 2.60. The third kappa shape index (κ3) is 4.09. The van der Waals surface area contributed by atoms with Crippen molar-refractivity contribution in [2.24, 2.45) is 5.73 Å². The van der Waals surface area contributed by atoms with Crippen molar-refractivity contribution < 1.29 is 27.4 Å². The van der Waals surface area contributed by atoms with E-state index in [2.05, 4.69) is 5.10 Å². The number of nitrogens with zero attached hydrogens (tertiary/aromatic N) is 3. The molecule has 11 heteroatoms. The molecule has 1 aliphatic heterocycles. The Morgan fingerprint density at radius 3 is 2.75 bits per heavy atom. The molecule has 8 nitrogen and oxygen atoms in total. The zero-order valence-corrected chi connectivity index (χ0v) is 14.8. The van der Waals surface area contributed by atoms with Gasteiger partial charge in [0.2, 0.25) is 5.91 Å². The monoisotopic (exact) mass is 398 g/mol. The minimum Gasteiger partial charge on any atom is -0.492 e. The number of amides is 1. The van der Waals surface area contributed by atoms with Gasteiger partial charge >= 0.3 is 6.18 Å². The Morgan fingerprint density at radius 2 is 2.07 bits per heavy atom. The molecule has 0 fully saturated rings. The van der Waals surface area contributed by atoms with Gasteiger partial charge < -0.3 is 20.1 Å². The maximum atomic E-state index is 12.6. The van der Waals surface area contributed by atoms with E-state index >= 15 is 0 Å². The second-order valence-electron chi connectivity index (χ2n) is 6.10. The van der Waals surface area contributed by atoms with E-state index in [0.717, 1.165) is 4.68 Å². The standard InChI is InChI=1S/C17H17F3N4O4/c1-23-13-7-11(2-3-14(13)28-9-12(21)16(23)26)27-5-4-24-15(25)6-10(8-22-24)17(18,19)20/h2-3,6-8,12H,4-5,9,21H2,1H3/t12-/m0/s1. The highest BCUT2D eigenvalue weighted by atomic mass is 19.4. The first kappa shape index (κ1) is 19.7. The number of ether oxygens (including phenoxy) is 2. The van der Waals surface area contributed by atoms with Crippen LogP contribution < -0.4 is 25.7 Å². The van der Waals surface area contributed by atoms with E-state index in [9.17, 15) is 22.8 Å². The number of rotatable bonds is 4. The number of benzene rings is 1. The second kappa shape index (κ2) is 7.50. The zero-order chi connectivity index (χ0) is 20.5. The van der Waals surface area contributed by atoms with Crippen molar-refractivity contribution in [2.45, 2.75) is 18.8 Å². The molecule has 0 radical (unpaired) electrons. The normalized spacial score (nSPS) is 17.0. The van der Waals surface area contributed by atoms with Gasteiger partial charge in [-0.25, -0.2) is 4.68 Å². The summed E-state index contributed by atoms with van der Waals surface area (Å²) in [5, 5.41) is 3.51. The summed E-state index contributed by atoms with van der Waals surface area (Å²) in [5.74, 6) is 0.547. The fourth-order valence-electron chi connectivity index (χ4n) is 2.60. The van der Waals surface area contributed by atoms with Crippen LogP contribution in [0.15, 0.2) is 35.3 Å². The van der Waals surface area contributed by atoms with Crippen molar-refractivity contribution in [1.29, 1.82) is 0 Å². The van der Waals surface area contributed by atoms with Crippen LogP contribution in [0, 0.1) is 0 Å². The molecule has 0 bridgehead atoms. The largest absolute Gasteiger partial charge is 0.492 e. The van der Waals surface area contributed by atoms with Gasteiger partial charge in [0.25, 0.3) is 5.56 Å². The summed E-state index contributed by atoms with van der Waals surface area (Å²) < 4.78 is 49.6. The number of carbonyl (C=O) groups is 1. The third-order valence-electron chi connectivity index (χ3n) is 4.13. The van der Waals surface area contributed by atoms with Gasteiger partial charge in [-0.05, 0) is 12.1 Å². The molecule has 2 N–H and O–H groups in total. The van der Waals surface area contributed by atoms with E-state index in [1.54, 1.807) is 25.2 Å². The van der Waals surface area contributed by atoms with Gasteiger partial charge in [0, 0.05) is 19.2 Å². The molecule has 28 heavy (non-hydrogen) atoms. The van der Waals surface area contributed by atoms with Crippen LogP contribution in [0.4, 0.5) is 18.9 Å². The lowest BCUT2D eigenvalue weighted by molar-refractivity contribution is -0.138. The highest BCUT2D eigenvalue weighted by molar-refractivity contribution is 5.98. The van der Waals surface area contributed by atoms with Crippen molar-refractivity contribution in [3.8, 4) is 11.5 Å². The minimum atomic E-state index is -4.63. The topological polar surface area (TPSA) is 99.7 Å². The number of likely N-dealkylation sites (N-methyl/N-ethyl adjacent to an activating group) is 1. The average molecular weight is 398 g/mol. The van der Waals surface area contributed by atoms with E-state index in [4.69, 9.17) is 15.2 Å². The second-order valence-corrected chi connectivity index (χ2v) is 6.10. The predicted molar refractivity (Wildman–Crippen MR) is 92.3 cm³/mol. The lowest BCUT2D eigenvalue weighted by Gasteiger charge is -2.18. The Balaban J connectivity index is 1.68. The summed E-state index contributed by atoms with van der Waals surface area (Å²) in [7, 11) is 1.56. The predicted octanol–water partition coefficient (Wildman–Crippen LogP) is 1.02. The number of halogens is 3. The third-order valence-corrected chi connectivity index (χ3v) is 4.13. The van der Waals surface area contributed by atoms with Gasteiger partial charge in [0.1, 0.15) is 30.8 Å². The molecule has 2 aromatic rings. The Hall–Kier alpha value is -3.08. The summed E-state index contributed by atoms with van der Waals surface area (Å²) in [6.45, 7) is -0.0157. The van der Waals surface area contributed by atoms with Crippen molar-refractivity contribution in [2.75, 3.05) is 25.2 Å². The first-order valence-electron chi connectivity index (χ1n) is 8.24. The molecule has 1 amide bonds. The highest BCUT2D eigenvalue weighted by Gasteiger charge is 2.31. The molecule has 2 heterocycles. The van der Waals surface area contributed by atoms with Crippen molar-refractivity contribution >= 4 is 11.6 Å². The average Bonchev–Trinajstić information content (AvgIpc) is 2.75. The Kier molecular flexibility index (Phi) is 5.27. The van der Waals surface area contributed by atoms with Gasteiger partial charge in [-0.2, -0.15) is 18.3 Å². The van der Waals surface area contributed by atoms with Gasteiger partial charge in [-0.15, -0.1) is 0 Å². The van der Waals surface area contributed by atoms with Crippen LogP contribution in [0.25, 0.3) is 0 Å². The van der Waals surface area contributed by atoms with Gasteiger partial charge in [-0.1, -0.05) is 0 Å². The number of nitrogens with two attached hydrogens (primary N) is 1. The molecule has 0 spiro atoms. The molecule has 1 aromatic carbocycles. The molecule has 1 aliphatic rings. The van der Waals surface area contributed by atoms with Crippen LogP contribution in [0.5, 0.6) is 11.5 Å². The van der Waals surface area contributed by atoms with Gasteiger partial charge in [0.15, 0.2) is 0 Å². The molecule has 0 saturated carbocycles. The van der Waals surface area contributed by atoms with Crippen molar-refractivity contribution in [1.82, 2.24) is 9.78 Å². The molecular weight excluding hydrogens is 381 g/mol. The Labute approximate surface area is 157 Å². The van der Waals surface area contributed by atoms with Crippen LogP contribution in [0.3, 0.4) is 0 Å². The summed E-state index contributed by atoms with van der Waals surface area (Å²) in [4.78, 5) is 25.2. The van der Waals surface area contributed by atoms with E-state index in [0.29, 0.717) is 29.4 Å². The first-order chi connectivity index (χ1) is 13.2. The van der Waals surface area contributed by atoms with E-state index in [1.165, 1.54) is 4.90 Å². The number of hydrogen-bond acceptors (Lipinski definition) is 6. The van der Waals surface area contributed by atoms with Crippen LogP contribution in [-0.4, -0.2) is 42.0 Å². The minimum absolute atomic E-state index is 0.0188. The Bertz CT molecular complexity index is 945. The number of hydrogen-bond donors (Lipinski definition) is 1. The van der Waals surface area contributed by atoms with Crippen LogP contribution in [0.1, 0.15) is 5.56 Å². The van der Waals surface area contributed by atoms with Crippen molar-refractivity contribution in [3.63, 3.8) is 0 Å². The molecule has 3 rings (SSSR count). The smallest absolute Gasteiger partial charge is 0.418 e. The lowest BCUT2D eigenvalue weighted by Crippen LogP contribution is -2.43. The molecule has 1 aromatic heterocycles. The zero-order valence-electron chi connectivity index (χ0n) is 14.8. The van der Waals surface area contributed by atoms with Crippen LogP contribution in [-0.2, 0) is 17.5 Å². The first-order valence-corrected chi connectivity index (χ1v) is 8.24. The quantitative estimate of drug-likeness (QED) is 0.826. The molecule has 0 saturated heterocycles. The fraction of sp³-hybridized carbons (Fsp3) is 0.353. The maximum absolute atomic E-state index is 12.6. The SMILES string of the molecule is CN1C(=O)[C@@H](N)COc2ccc(OCCn3ncc(C(F)(F)F)cc3=O)cc21. The van der Waals surface area contributed by atoms with E-state index < -0.39 is 23.3 Å². The number of carbonyl (C=O) groups excluding carboxylic acids is 1. The maximum Gasteiger partial charge on any atom is 0.418 e. The summed E-state index contributed by atoms with van der Waals surface area (Å²) in [6, 6.07) is 4.51. The molecule has 0 unspecified atom stereocenters. The lowest BCUT2D eigenvalue weighted by atomic mass is 10.2. The summed E-state index contributed by atoms with van der Waals surface area (Å²) in [5.41, 5.74) is 4.21. The van der Waals surface area contributed by atoms with E-state index in [-0.39, 0.29) is 25.7 Å². The van der Waals surface area contributed by atoms with Crippen LogP contribution >= 0.6 is 0 Å². The van der Waals surface area contributed by atoms with E-state index in [1.807, 2.05) is 0 Å². The van der Waals surface area contributed by atoms with Gasteiger partial charge in [-0.3, -0.25) is 9.59 Å². The molecular formula is C17H17F3N4O4. The number of anilines is 1. The van der Waals surface area contributed by atoms with Crippen molar-refractivity contribution in [3.05, 3.63) is 46.4 Å². The highest BCUT2D eigenvalue weighted by Crippen LogP contribution is 2.34.